The predicted octanol–water partition coefficient (Wildman–Crippen LogP) is 0.933. The van der Waals surface area contributed by atoms with Crippen LogP contribution in [0.3, 0.4) is 0 Å². The van der Waals surface area contributed by atoms with Gasteiger partial charge in [0.25, 0.3) is 0 Å². The summed E-state index contributed by atoms with van der Waals surface area (Å²) in [5.41, 5.74) is 7.12. The van der Waals surface area contributed by atoms with E-state index in [-0.39, 0.29) is 5.91 Å². The molecule has 0 spiro atoms. The van der Waals surface area contributed by atoms with Crippen LogP contribution in [0.2, 0.25) is 0 Å². The Labute approximate surface area is 112 Å². The zero-order chi connectivity index (χ0) is 14.3. The second-order valence-electron chi connectivity index (χ2n) is 3.83. The van der Waals surface area contributed by atoms with Gasteiger partial charge in [0.15, 0.2) is 0 Å². The van der Waals surface area contributed by atoms with Crippen molar-refractivity contribution in [3.63, 3.8) is 0 Å². The maximum Gasteiger partial charge on any atom is 0.339 e. The third kappa shape index (κ3) is 4.72. The molecule has 0 bridgehead atoms. The zero-order valence-electron chi connectivity index (χ0n) is 10.9. The maximum atomic E-state index is 11.3. The Balaban J connectivity index is 2.66. The minimum atomic E-state index is -0.470. The highest BCUT2D eigenvalue weighted by molar-refractivity contribution is 5.95. The lowest BCUT2D eigenvalue weighted by molar-refractivity contribution is -0.118. The summed E-state index contributed by atoms with van der Waals surface area (Å²) in [6, 6.07) is 4.91. The molecule has 1 amide bonds. The molecule has 0 aliphatic rings. The van der Waals surface area contributed by atoms with Gasteiger partial charge in [0.05, 0.1) is 12.7 Å². The number of benzene rings is 1. The van der Waals surface area contributed by atoms with Gasteiger partial charge in [-0.25, -0.2) is 4.79 Å². The number of esters is 1. The quantitative estimate of drug-likeness (QED) is 0.367. The van der Waals surface area contributed by atoms with Crippen LogP contribution >= 0.6 is 0 Å². The van der Waals surface area contributed by atoms with Crippen molar-refractivity contribution in [1.82, 2.24) is 5.32 Å². The number of nitrogen functional groups attached to an aromatic ring is 1. The molecule has 0 atom stereocenters. The van der Waals surface area contributed by atoms with E-state index in [1.807, 2.05) is 0 Å². The molecule has 0 aromatic heterocycles. The highest BCUT2D eigenvalue weighted by Crippen LogP contribution is 2.14. The number of hydrogen-bond donors (Lipinski definition) is 2. The van der Waals surface area contributed by atoms with Crippen LogP contribution in [0.1, 0.15) is 29.3 Å². The lowest BCUT2D eigenvalue weighted by Crippen LogP contribution is -2.20. The van der Waals surface area contributed by atoms with E-state index in [0.29, 0.717) is 29.8 Å². The first kappa shape index (κ1) is 14.6. The summed E-state index contributed by atoms with van der Waals surface area (Å²) in [6.07, 6.45) is 0.554. The first-order chi connectivity index (χ1) is 9.04. The fraction of sp³-hybridized carbons (Fsp3) is 0.286. The minimum absolute atomic E-state index is 0.0755. The molecule has 1 aromatic rings. The highest BCUT2D eigenvalue weighted by Gasteiger charge is 2.09. The molecule has 100 valence electrons. The van der Waals surface area contributed by atoms with Gasteiger partial charge in [-0.1, -0.05) is 11.8 Å². The van der Waals surface area contributed by atoms with Crippen molar-refractivity contribution in [2.45, 2.75) is 13.3 Å². The van der Waals surface area contributed by atoms with Gasteiger partial charge in [-0.3, -0.25) is 4.79 Å². The Kier molecular flexibility index (Phi) is 5.42. The van der Waals surface area contributed by atoms with Crippen LogP contribution in [0.4, 0.5) is 5.69 Å². The number of amides is 1. The summed E-state index contributed by atoms with van der Waals surface area (Å²) in [7, 11) is 1.30. The Morgan fingerprint density at radius 2 is 2.16 bits per heavy atom. The number of ether oxygens (including phenoxy) is 1. The van der Waals surface area contributed by atoms with Gasteiger partial charge in [0, 0.05) is 31.1 Å². The van der Waals surface area contributed by atoms with Crippen molar-refractivity contribution < 1.29 is 14.3 Å². The number of carbonyl (C=O) groups excluding carboxylic acids is 2. The van der Waals surface area contributed by atoms with Crippen LogP contribution in [0, 0.1) is 11.8 Å². The van der Waals surface area contributed by atoms with Crippen LogP contribution < -0.4 is 11.1 Å². The SMILES string of the molecule is COC(=O)c1ccc(C#CCCNC(C)=O)cc1N. The molecule has 19 heavy (non-hydrogen) atoms. The number of anilines is 1. The standard InChI is InChI=1S/C14H16N2O3/c1-10(17)16-8-4-3-5-11-6-7-12(13(15)9-11)14(18)19-2/h6-7,9H,4,8,15H2,1-2H3,(H,16,17). The van der Waals surface area contributed by atoms with Gasteiger partial charge in [-0.15, -0.1) is 0 Å². The normalized spacial score (nSPS) is 9.16. The van der Waals surface area contributed by atoms with E-state index >= 15 is 0 Å². The van der Waals surface area contributed by atoms with E-state index in [1.54, 1.807) is 18.2 Å². The van der Waals surface area contributed by atoms with Gasteiger partial charge in [-0.05, 0) is 18.2 Å². The second kappa shape index (κ2) is 7.07. The van der Waals surface area contributed by atoms with E-state index in [1.165, 1.54) is 14.0 Å². The van der Waals surface area contributed by atoms with Gasteiger partial charge >= 0.3 is 5.97 Å². The van der Waals surface area contributed by atoms with E-state index in [9.17, 15) is 9.59 Å². The Bertz CT molecular complexity index is 541. The Hall–Kier alpha value is -2.48. The molecule has 0 saturated carbocycles. The third-order valence-electron chi connectivity index (χ3n) is 2.31. The molecule has 1 aromatic carbocycles. The number of nitrogens with two attached hydrogens (primary N) is 1. The molecule has 0 aliphatic heterocycles. The molecule has 1 rings (SSSR count). The summed E-state index contributed by atoms with van der Waals surface area (Å²) in [6.45, 7) is 1.97. The van der Waals surface area contributed by atoms with Crippen LogP contribution in [0.5, 0.6) is 0 Å². The first-order valence-corrected chi connectivity index (χ1v) is 5.75. The van der Waals surface area contributed by atoms with E-state index in [0.717, 1.165) is 0 Å². The molecule has 0 radical (unpaired) electrons. The zero-order valence-corrected chi connectivity index (χ0v) is 10.9. The second-order valence-corrected chi connectivity index (χ2v) is 3.83. The summed E-state index contributed by atoms with van der Waals surface area (Å²) in [5.74, 6) is 5.28. The lowest BCUT2D eigenvalue weighted by atomic mass is 10.1. The van der Waals surface area contributed by atoms with E-state index in [2.05, 4.69) is 21.9 Å². The van der Waals surface area contributed by atoms with Crippen molar-refractivity contribution in [2.24, 2.45) is 0 Å². The third-order valence-corrected chi connectivity index (χ3v) is 2.31. The molecule has 0 aliphatic carbocycles. The molecular formula is C14H16N2O3. The molecule has 0 fully saturated rings. The van der Waals surface area contributed by atoms with Crippen molar-refractivity contribution in [2.75, 3.05) is 19.4 Å². The monoisotopic (exact) mass is 260 g/mol. The fourth-order valence-corrected chi connectivity index (χ4v) is 1.40. The molecule has 0 heterocycles. The smallest absolute Gasteiger partial charge is 0.339 e. The number of carbonyl (C=O) groups is 2. The fourth-order valence-electron chi connectivity index (χ4n) is 1.40. The molecule has 5 nitrogen and oxygen atoms in total. The Morgan fingerprint density at radius 3 is 2.74 bits per heavy atom. The topological polar surface area (TPSA) is 81.4 Å². The number of methoxy groups -OCH3 is 1. The summed E-state index contributed by atoms with van der Waals surface area (Å²) >= 11 is 0. The van der Waals surface area contributed by atoms with Crippen molar-refractivity contribution in [1.29, 1.82) is 0 Å². The van der Waals surface area contributed by atoms with Gasteiger partial charge in [0.2, 0.25) is 5.91 Å². The van der Waals surface area contributed by atoms with E-state index < -0.39 is 5.97 Å². The highest BCUT2D eigenvalue weighted by atomic mass is 16.5. The first-order valence-electron chi connectivity index (χ1n) is 5.75. The summed E-state index contributed by atoms with van der Waals surface area (Å²) in [5, 5.41) is 2.65. The lowest BCUT2D eigenvalue weighted by Gasteiger charge is -2.03. The average Bonchev–Trinajstić information content (AvgIpc) is 2.37. The minimum Gasteiger partial charge on any atom is -0.465 e. The maximum absolute atomic E-state index is 11.3. The molecular weight excluding hydrogens is 244 g/mol. The van der Waals surface area contributed by atoms with Crippen LogP contribution in [0.15, 0.2) is 18.2 Å². The largest absolute Gasteiger partial charge is 0.465 e. The molecule has 0 unspecified atom stereocenters. The van der Waals surface area contributed by atoms with Gasteiger partial charge < -0.3 is 15.8 Å². The summed E-state index contributed by atoms with van der Waals surface area (Å²) in [4.78, 5) is 22.0. The van der Waals surface area contributed by atoms with Crippen molar-refractivity contribution >= 4 is 17.6 Å². The van der Waals surface area contributed by atoms with Crippen molar-refractivity contribution in [3.8, 4) is 11.8 Å². The van der Waals surface area contributed by atoms with Crippen molar-refractivity contribution in [3.05, 3.63) is 29.3 Å². The molecule has 3 N–H and O–H groups in total. The van der Waals surface area contributed by atoms with Gasteiger partial charge in [0.1, 0.15) is 0 Å². The van der Waals surface area contributed by atoms with Crippen LogP contribution in [-0.4, -0.2) is 25.5 Å². The van der Waals surface area contributed by atoms with Gasteiger partial charge in [-0.2, -0.15) is 0 Å². The Morgan fingerprint density at radius 1 is 1.42 bits per heavy atom. The predicted molar refractivity (Wildman–Crippen MR) is 72.4 cm³/mol. The van der Waals surface area contributed by atoms with Crippen LogP contribution in [-0.2, 0) is 9.53 Å². The summed E-state index contributed by atoms with van der Waals surface area (Å²) < 4.78 is 4.60. The van der Waals surface area contributed by atoms with Crippen LogP contribution in [0.25, 0.3) is 0 Å². The number of rotatable bonds is 3. The molecule has 5 heteroatoms. The average molecular weight is 260 g/mol. The molecule has 0 saturated heterocycles. The number of nitrogens with one attached hydrogen (secondary N) is 1. The van der Waals surface area contributed by atoms with E-state index in [4.69, 9.17) is 5.73 Å². The number of hydrogen-bond acceptors (Lipinski definition) is 4.